The lowest BCUT2D eigenvalue weighted by atomic mass is 9.96. The number of hydrogen-bond donors (Lipinski definition) is 3. The molecular weight excluding hydrogens is 236 g/mol. The number of hydrogen-bond acceptors (Lipinski definition) is 2. The largest absolute Gasteiger partial charge is 0.354 e. The minimum absolute atomic E-state index is 0.413. The second-order valence-corrected chi connectivity index (χ2v) is 6.12. The van der Waals surface area contributed by atoms with Crippen molar-refractivity contribution in [1.82, 2.24) is 16.0 Å². The molecule has 1 rings (SSSR count). The lowest BCUT2D eigenvalue weighted by molar-refractivity contribution is 0.377. The summed E-state index contributed by atoms with van der Waals surface area (Å²) in [6, 6.07) is 1.55. The number of aliphatic imine (C=N–C) groups is 1. The first kappa shape index (κ1) is 16.3. The van der Waals surface area contributed by atoms with Crippen molar-refractivity contribution < 1.29 is 0 Å². The molecule has 1 saturated carbocycles. The van der Waals surface area contributed by atoms with Gasteiger partial charge in [0.2, 0.25) is 0 Å². The van der Waals surface area contributed by atoms with Crippen molar-refractivity contribution in [3.05, 3.63) is 0 Å². The van der Waals surface area contributed by atoms with Crippen molar-refractivity contribution in [2.45, 2.75) is 77.9 Å². The van der Waals surface area contributed by atoms with Gasteiger partial charge in [0, 0.05) is 24.7 Å². The van der Waals surface area contributed by atoms with Gasteiger partial charge in [0.25, 0.3) is 0 Å². The molecule has 0 spiro atoms. The van der Waals surface area contributed by atoms with E-state index >= 15 is 0 Å². The van der Waals surface area contributed by atoms with Crippen LogP contribution in [0.15, 0.2) is 4.99 Å². The van der Waals surface area contributed by atoms with Crippen molar-refractivity contribution >= 4 is 5.96 Å². The van der Waals surface area contributed by atoms with Crippen LogP contribution in [-0.2, 0) is 0 Å². The zero-order valence-electron chi connectivity index (χ0n) is 13.1. The molecule has 19 heavy (non-hydrogen) atoms. The molecule has 1 aliphatic rings. The lowest BCUT2D eigenvalue weighted by Crippen LogP contribution is -2.44. The summed E-state index contributed by atoms with van der Waals surface area (Å²) in [5.41, 5.74) is 0. The highest BCUT2D eigenvalue weighted by atomic mass is 15.2. The van der Waals surface area contributed by atoms with Crippen molar-refractivity contribution in [3.8, 4) is 0 Å². The Morgan fingerprint density at radius 1 is 1.00 bits per heavy atom. The van der Waals surface area contributed by atoms with E-state index in [0.29, 0.717) is 12.1 Å². The maximum absolute atomic E-state index is 4.62. The van der Waals surface area contributed by atoms with Gasteiger partial charge in [-0.3, -0.25) is 4.99 Å². The average molecular weight is 268 g/mol. The van der Waals surface area contributed by atoms with Gasteiger partial charge in [-0.2, -0.15) is 0 Å². The van der Waals surface area contributed by atoms with E-state index < -0.39 is 0 Å². The van der Waals surface area contributed by atoms with E-state index in [4.69, 9.17) is 0 Å². The molecule has 0 aromatic rings. The summed E-state index contributed by atoms with van der Waals surface area (Å²) in [7, 11) is 0. The van der Waals surface area contributed by atoms with Crippen LogP contribution >= 0.6 is 0 Å². The van der Waals surface area contributed by atoms with Gasteiger partial charge < -0.3 is 16.0 Å². The molecule has 3 N–H and O–H groups in total. The molecule has 0 aliphatic heterocycles. The quantitative estimate of drug-likeness (QED) is 0.393. The Balaban J connectivity index is 2.25. The fraction of sp³-hybridized carbons (Fsp3) is 0.933. The van der Waals surface area contributed by atoms with E-state index in [-0.39, 0.29) is 0 Å². The van der Waals surface area contributed by atoms with Crippen LogP contribution in [0.2, 0.25) is 0 Å². The lowest BCUT2D eigenvalue weighted by Gasteiger charge is -2.22. The molecule has 0 atom stereocenters. The van der Waals surface area contributed by atoms with E-state index in [1.807, 2.05) is 0 Å². The first-order valence-electron chi connectivity index (χ1n) is 7.89. The van der Waals surface area contributed by atoms with Gasteiger partial charge in [-0.05, 0) is 40.5 Å². The minimum atomic E-state index is 0.413. The van der Waals surface area contributed by atoms with Crippen molar-refractivity contribution in [1.29, 1.82) is 0 Å². The molecule has 1 fully saturated rings. The molecule has 112 valence electrons. The molecule has 0 heterocycles. The predicted molar refractivity (Wildman–Crippen MR) is 83.7 cm³/mol. The summed E-state index contributed by atoms with van der Waals surface area (Å²) in [6.45, 7) is 10.4. The summed E-state index contributed by atoms with van der Waals surface area (Å²) in [5.74, 6) is 0.926. The number of nitrogens with zero attached hydrogens (tertiary/aromatic N) is 1. The van der Waals surface area contributed by atoms with Crippen LogP contribution in [0.5, 0.6) is 0 Å². The zero-order chi connectivity index (χ0) is 14.1. The van der Waals surface area contributed by atoms with Crippen LogP contribution in [0, 0.1) is 0 Å². The highest BCUT2D eigenvalue weighted by molar-refractivity contribution is 5.80. The smallest absolute Gasteiger partial charge is 0.191 e. The SMILES string of the molecule is CC(C)NC(=NCCNC1CCCCC1)NC(C)C. The van der Waals surface area contributed by atoms with Gasteiger partial charge in [0.1, 0.15) is 0 Å². The van der Waals surface area contributed by atoms with Crippen LogP contribution in [0.1, 0.15) is 59.8 Å². The number of guanidine groups is 1. The first-order chi connectivity index (χ1) is 9.08. The average Bonchev–Trinajstić information content (AvgIpc) is 2.34. The summed E-state index contributed by atoms with van der Waals surface area (Å²) < 4.78 is 0. The molecule has 1 aliphatic carbocycles. The first-order valence-corrected chi connectivity index (χ1v) is 7.89. The van der Waals surface area contributed by atoms with Crippen molar-refractivity contribution in [2.75, 3.05) is 13.1 Å². The van der Waals surface area contributed by atoms with Gasteiger partial charge in [-0.25, -0.2) is 0 Å². The third-order valence-corrected chi connectivity index (χ3v) is 3.27. The highest BCUT2D eigenvalue weighted by Crippen LogP contribution is 2.16. The summed E-state index contributed by atoms with van der Waals surface area (Å²) in [5, 5.41) is 10.3. The van der Waals surface area contributed by atoms with Gasteiger partial charge in [0.05, 0.1) is 6.54 Å². The van der Waals surface area contributed by atoms with E-state index in [2.05, 4.69) is 48.6 Å². The van der Waals surface area contributed by atoms with E-state index in [1.54, 1.807) is 0 Å². The Kier molecular flexibility index (Phi) is 7.87. The molecule has 4 heteroatoms. The van der Waals surface area contributed by atoms with Crippen LogP contribution in [0.3, 0.4) is 0 Å². The van der Waals surface area contributed by atoms with Crippen LogP contribution in [0.4, 0.5) is 0 Å². The molecule has 0 saturated heterocycles. The highest BCUT2D eigenvalue weighted by Gasteiger charge is 2.11. The predicted octanol–water partition coefficient (Wildman–Crippen LogP) is 2.26. The Labute approximate surface area is 118 Å². The molecule has 4 nitrogen and oxygen atoms in total. The normalized spacial score (nSPS) is 16.7. The van der Waals surface area contributed by atoms with Crippen LogP contribution in [0.25, 0.3) is 0 Å². The molecule has 0 bridgehead atoms. The summed E-state index contributed by atoms with van der Waals surface area (Å²) >= 11 is 0. The van der Waals surface area contributed by atoms with Gasteiger partial charge in [-0.15, -0.1) is 0 Å². The maximum atomic E-state index is 4.62. The van der Waals surface area contributed by atoms with E-state index in [9.17, 15) is 0 Å². The second-order valence-electron chi connectivity index (χ2n) is 6.12. The third-order valence-electron chi connectivity index (χ3n) is 3.27. The number of rotatable bonds is 6. The fourth-order valence-electron chi connectivity index (χ4n) is 2.42. The Morgan fingerprint density at radius 3 is 2.11 bits per heavy atom. The summed E-state index contributed by atoms with van der Waals surface area (Å²) in [6.07, 6.45) is 6.86. The topological polar surface area (TPSA) is 48.5 Å². The second kappa shape index (κ2) is 9.18. The van der Waals surface area contributed by atoms with Gasteiger partial charge >= 0.3 is 0 Å². The monoisotopic (exact) mass is 268 g/mol. The van der Waals surface area contributed by atoms with Crippen molar-refractivity contribution in [2.24, 2.45) is 4.99 Å². The Bertz CT molecular complexity index is 243. The van der Waals surface area contributed by atoms with Crippen molar-refractivity contribution in [3.63, 3.8) is 0 Å². The van der Waals surface area contributed by atoms with Crippen LogP contribution in [-0.4, -0.2) is 37.2 Å². The molecule has 0 aromatic carbocycles. The molecule has 0 unspecified atom stereocenters. The Morgan fingerprint density at radius 2 is 1.58 bits per heavy atom. The third kappa shape index (κ3) is 8.09. The maximum Gasteiger partial charge on any atom is 0.191 e. The van der Waals surface area contributed by atoms with Gasteiger partial charge in [0.15, 0.2) is 5.96 Å². The minimum Gasteiger partial charge on any atom is -0.354 e. The zero-order valence-corrected chi connectivity index (χ0v) is 13.1. The summed E-state index contributed by atoms with van der Waals surface area (Å²) in [4.78, 5) is 4.62. The number of nitrogens with one attached hydrogen (secondary N) is 3. The molecule has 0 aromatic heterocycles. The van der Waals surface area contributed by atoms with Crippen LogP contribution < -0.4 is 16.0 Å². The van der Waals surface area contributed by atoms with E-state index in [0.717, 1.165) is 25.1 Å². The Hall–Kier alpha value is -0.770. The van der Waals surface area contributed by atoms with E-state index in [1.165, 1.54) is 32.1 Å². The molecular formula is C15H32N4. The van der Waals surface area contributed by atoms with Gasteiger partial charge in [-0.1, -0.05) is 19.3 Å². The fourth-order valence-corrected chi connectivity index (χ4v) is 2.42. The molecule has 0 radical (unpaired) electrons. The molecule has 0 amide bonds. The standard InChI is InChI=1S/C15H32N4/c1-12(2)18-15(19-13(3)4)17-11-10-16-14-8-6-5-7-9-14/h12-14,16H,5-11H2,1-4H3,(H2,17,18,19).